The van der Waals surface area contributed by atoms with Gasteiger partial charge in [-0.3, -0.25) is 19.4 Å². The molecule has 8 nitrogen and oxygen atoms in total. The van der Waals surface area contributed by atoms with Crippen LogP contribution in [0.3, 0.4) is 0 Å². The lowest BCUT2D eigenvalue weighted by Crippen LogP contribution is -2.53. The zero-order valence-corrected chi connectivity index (χ0v) is 14.7. The van der Waals surface area contributed by atoms with Gasteiger partial charge in [-0.2, -0.15) is 0 Å². The molecule has 0 radical (unpaired) electrons. The van der Waals surface area contributed by atoms with Gasteiger partial charge in [0.05, 0.1) is 26.3 Å². The Balaban J connectivity index is 1.60. The second kappa shape index (κ2) is 10.6. The Morgan fingerprint density at radius 1 is 1.00 bits per heavy atom. The minimum absolute atomic E-state index is 0.0409. The van der Waals surface area contributed by atoms with Gasteiger partial charge in [-0.05, 0) is 6.42 Å². The highest BCUT2D eigenvalue weighted by Crippen LogP contribution is 2.04. The lowest BCUT2D eigenvalue weighted by Gasteiger charge is -2.36. The first-order chi connectivity index (χ1) is 11.7. The van der Waals surface area contributed by atoms with E-state index < -0.39 is 0 Å². The molecule has 1 N–H and O–H groups in total. The summed E-state index contributed by atoms with van der Waals surface area (Å²) in [4.78, 5) is 30.3. The minimum Gasteiger partial charge on any atom is -0.385 e. The number of methoxy groups -OCH3 is 1. The van der Waals surface area contributed by atoms with E-state index in [4.69, 9.17) is 9.47 Å². The number of ether oxygens (including phenoxy) is 2. The monoisotopic (exact) mass is 342 g/mol. The van der Waals surface area contributed by atoms with Crippen molar-refractivity contribution in [3.63, 3.8) is 0 Å². The smallest absolute Gasteiger partial charge is 0.236 e. The van der Waals surface area contributed by atoms with Crippen LogP contribution < -0.4 is 5.32 Å². The molecule has 2 amide bonds. The van der Waals surface area contributed by atoms with Gasteiger partial charge in [-0.15, -0.1) is 0 Å². The zero-order chi connectivity index (χ0) is 17.2. The second-order valence-electron chi connectivity index (χ2n) is 6.24. The minimum atomic E-state index is 0.0409. The van der Waals surface area contributed by atoms with Crippen molar-refractivity contribution >= 4 is 11.8 Å². The van der Waals surface area contributed by atoms with Crippen LogP contribution in [0, 0.1) is 0 Å². The van der Waals surface area contributed by atoms with Crippen LogP contribution in [-0.4, -0.2) is 112 Å². The average molecular weight is 342 g/mol. The van der Waals surface area contributed by atoms with E-state index >= 15 is 0 Å². The first kappa shape index (κ1) is 19.1. The first-order valence-corrected chi connectivity index (χ1v) is 8.75. The van der Waals surface area contributed by atoms with Crippen LogP contribution in [0.4, 0.5) is 0 Å². The van der Waals surface area contributed by atoms with Crippen LogP contribution in [0.15, 0.2) is 0 Å². The number of nitrogens with one attached hydrogen (secondary N) is 1. The molecule has 2 heterocycles. The van der Waals surface area contributed by atoms with Crippen molar-refractivity contribution in [2.45, 2.75) is 6.42 Å². The molecule has 138 valence electrons. The van der Waals surface area contributed by atoms with Crippen molar-refractivity contribution in [1.29, 1.82) is 0 Å². The summed E-state index contributed by atoms with van der Waals surface area (Å²) < 4.78 is 10.3. The predicted octanol–water partition coefficient (Wildman–Crippen LogP) is -1.38. The van der Waals surface area contributed by atoms with Gasteiger partial charge < -0.3 is 19.7 Å². The molecule has 8 heteroatoms. The third-order valence-corrected chi connectivity index (χ3v) is 4.40. The molecular formula is C16H30N4O4. The van der Waals surface area contributed by atoms with Gasteiger partial charge in [0.25, 0.3) is 0 Å². The van der Waals surface area contributed by atoms with E-state index in [2.05, 4.69) is 15.1 Å². The molecule has 24 heavy (non-hydrogen) atoms. The molecule has 0 atom stereocenters. The first-order valence-electron chi connectivity index (χ1n) is 8.75. The van der Waals surface area contributed by atoms with Gasteiger partial charge in [0.15, 0.2) is 0 Å². The molecule has 2 saturated heterocycles. The number of carbonyl (C=O) groups excluding carboxylic acids is 2. The molecule has 0 aromatic rings. The van der Waals surface area contributed by atoms with Gasteiger partial charge in [0.1, 0.15) is 0 Å². The highest BCUT2D eigenvalue weighted by molar-refractivity contribution is 5.79. The van der Waals surface area contributed by atoms with E-state index in [9.17, 15) is 9.59 Å². The molecule has 0 spiro atoms. The number of carbonyl (C=O) groups is 2. The number of hydrogen-bond donors (Lipinski definition) is 1. The quantitative estimate of drug-likeness (QED) is 0.548. The van der Waals surface area contributed by atoms with Gasteiger partial charge in [-0.1, -0.05) is 0 Å². The molecule has 0 aromatic carbocycles. The maximum Gasteiger partial charge on any atom is 0.236 e. The van der Waals surface area contributed by atoms with Crippen molar-refractivity contribution in [2.75, 3.05) is 85.8 Å². The number of amides is 2. The van der Waals surface area contributed by atoms with E-state index in [0.29, 0.717) is 52.5 Å². The van der Waals surface area contributed by atoms with Crippen LogP contribution in [0.2, 0.25) is 0 Å². The molecule has 2 aliphatic heterocycles. The third-order valence-electron chi connectivity index (χ3n) is 4.40. The summed E-state index contributed by atoms with van der Waals surface area (Å²) in [5.74, 6) is 0.222. The Morgan fingerprint density at radius 2 is 1.67 bits per heavy atom. The number of rotatable bonds is 8. The van der Waals surface area contributed by atoms with E-state index in [1.165, 1.54) is 0 Å². The fourth-order valence-corrected chi connectivity index (χ4v) is 2.91. The summed E-state index contributed by atoms with van der Waals surface area (Å²) in [7, 11) is 1.65. The van der Waals surface area contributed by atoms with Gasteiger partial charge in [-0.25, -0.2) is 0 Å². The van der Waals surface area contributed by atoms with E-state index in [-0.39, 0.29) is 11.8 Å². The molecule has 0 bridgehead atoms. The van der Waals surface area contributed by atoms with Crippen molar-refractivity contribution in [3.05, 3.63) is 0 Å². The second-order valence-corrected chi connectivity index (χ2v) is 6.24. The largest absolute Gasteiger partial charge is 0.385 e. The number of piperazine rings is 1. The van der Waals surface area contributed by atoms with Crippen LogP contribution in [0.5, 0.6) is 0 Å². The normalized spacial score (nSPS) is 20.1. The predicted molar refractivity (Wildman–Crippen MR) is 89.8 cm³/mol. The number of morpholine rings is 1. The molecule has 0 unspecified atom stereocenters. The third kappa shape index (κ3) is 6.72. The molecule has 0 aliphatic carbocycles. The molecule has 2 rings (SSSR count). The van der Waals surface area contributed by atoms with Crippen molar-refractivity contribution in [2.24, 2.45) is 0 Å². The fourth-order valence-electron chi connectivity index (χ4n) is 2.91. The molecule has 0 aromatic heterocycles. The van der Waals surface area contributed by atoms with Crippen LogP contribution in [0.25, 0.3) is 0 Å². The average Bonchev–Trinajstić information content (AvgIpc) is 2.60. The van der Waals surface area contributed by atoms with Crippen LogP contribution >= 0.6 is 0 Å². The molecule has 2 aliphatic rings. The van der Waals surface area contributed by atoms with Crippen molar-refractivity contribution < 1.29 is 19.1 Å². The Labute approximate surface area is 144 Å². The molecule has 0 saturated carbocycles. The standard InChI is InChI=1S/C16H30N4O4/c1-23-10-2-3-17-15(21)13-18-4-6-20(7-5-18)16(22)14-19-8-11-24-12-9-19/h2-14H2,1H3,(H,17,21). The fraction of sp³-hybridized carbons (Fsp3) is 0.875. The summed E-state index contributed by atoms with van der Waals surface area (Å²) in [6.07, 6.45) is 0.825. The van der Waals surface area contributed by atoms with Crippen molar-refractivity contribution in [3.8, 4) is 0 Å². The molecule has 2 fully saturated rings. The Bertz CT molecular complexity index is 394. The summed E-state index contributed by atoms with van der Waals surface area (Å²) in [5, 5.41) is 2.89. The Morgan fingerprint density at radius 3 is 2.33 bits per heavy atom. The van der Waals surface area contributed by atoms with Gasteiger partial charge in [0.2, 0.25) is 11.8 Å². The summed E-state index contributed by atoms with van der Waals surface area (Å²) in [6.45, 7) is 8.14. The van der Waals surface area contributed by atoms with Gasteiger partial charge >= 0.3 is 0 Å². The lowest BCUT2D eigenvalue weighted by atomic mass is 10.3. The lowest BCUT2D eigenvalue weighted by molar-refractivity contribution is -0.135. The molecular weight excluding hydrogens is 312 g/mol. The highest BCUT2D eigenvalue weighted by Gasteiger charge is 2.24. The van der Waals surface area contributed by atoms with E-state index in [0.717, 1.165) is 32.6 Å². The maximum absolute atomic E-state index is 12.3. The van der Waals surface area contributed by atoms with Crippen molar-refractivity contribution in [1.82, 2.24) is 20.0 Å². The topological polar surface area (TPSA) is 74.4 Å². The summed E-state index contributed by atoms with van der Waals surface area (Å²) >= 11 is 0. The summed E-state index contributed by atoms with van der Waals surface area (Å²) in [6, 6.07) is 0. The van der Waals surface area contributed by atoms with E-state index in [1.54, 1.807) is 7.11 Å². The van der Waals surface area contributed by atoms with Crippen LogP contribution in [-0.2, 0) is 19.1 Å². The SMILES string of the molecule is COCCCNC(=O)CN1CCN(C(=O)CN2CCOCC2)CC1. The Kier molecular flexibility index (Phi) is 8.44. The van der Waals surface area contributed by atoms with E-state index in [1.807, 2.05) is 4.90 Å². The van der Waals surface area contributed by atoms with Gasteiger partial charge in [0, 0.05) is 59.5 Å². The number of hydrogen-bond acceptors (Lipinski definition) is 6. The van der Waals surface area contributed by atoms with Crippen LogP contribution in [0.1, 0.15) is 6.42 Å². The highest BCUT2D eigenvalue weighted by atomic mass is 16.5. The Hall–Kier alpha value is -1.22. The zero-order valence-electron chi connectivity index (χ0n) is 14.7. The number of nitrogens with zero attached hydrogens (tertiary/aromatic N) is 3. The summed E-state index contributed by atoms with van der Waals surface area (Å²) in [5.41, 5.74) is 0. The maximum atomic E-state index is 12.3.